The largest absolute Gasteiger partial charge is 0.573 e. The van der Waals surface area contributed by atoms with Gasteiger partial charge in [0.15, 0.2) is 24.7 Å². The monoisotopic (exact) mass is 425 g/mol. The number of hydrogen-bond acceptors (Lipinski definition) is 2. The van der Waals surface area contributed by atoms with Gasteiger partial charge in [-0.05, 0) is 37.3 Å². The number of alkyl halides is 3. The Kier molecular flexibility index (Phi) is 5.50. The summed E-state index contributed by atoms with van der Waals surface area (Å²) in [5, 5.41) is 1.01. The summed E-state index contributed by atoms with van der Waals surface area (Å²) in [6, 6.07) is 19.1. The number of Topliss-reactive ketones (excluding diaryl/α,β-unsaturated/α-hetero) is 1. The molecule has 7 heteroatoms. The van der Waals surface area contributed by atoms with Crippen molar-refractivity contribution in [1.82, 2.24) is 4.57 Å². The van der Waals surface area contributed by atoms with Crippen LogP contribution in [0.4, 0.5) is 13.2 Å². The molecule has 0 fully saturated rings. The summed E-state index contributed by atoms with van der Waals surface area (Å²) in [6.45, 7) is 2.76. The third kappa shape index (κ3) is 4.94. The van der Waals surface area contributed by atoms with Crippen molar-refractivity contribution in [2.45, 2.75) is 26.4 Å². The number of carbonyl (C=O) groups excluding carboxylic acids is 1. The summed E-state index contributed by atoms with van der Waals surface area (Å²) < 4.78 is 44.8. The normalized spacial score (nSPS) is 11.6. The molecule has 31 heavy (non-hydrogen) atoms. The number of rotatable bonds is 6. The second-order valence-electron chi connectivity index (χ2n) is 7.31. The van der Waals surface area contributed by atoms with E-state index >= 15 is 0 Å². The van der Waals surface area contributed by atoms with Crippen LogP contribution in [0.15, 0.2) is 79.1 Å². The SMILES string of the molecule is Cc1cc2c[n+](Cc3ccccc3)ccc2n1CC(=O)c1ccc(OC(F)(F)F)cc1. The van der Waals surface area contributed by atoms with Gasteiger partial charge in [0.05, 0.1) is 17.4 Å². The van der Waals surface area contributed by atoms with E-state index in [9.17, 15) is 18.0 Å². The molecule has 0 saturated heterocycles. The van der Waals surface area contributed by atoms with Crippen molar-refractivity contribution >= 4 is 16.7 Å². The minimum atomic E-state index is -4.76. The highest BCUT2D eigenvalue weighted by Gasteiger charge is 2.31. The maximum Gasteiger partial charge on any atom is 0.573 e. The molecule has 158 valence electrons. The van der Waals surface area contributed by atoms with Crippen molar-refractivity contribution in [3.05, 3.63) is 95.9 Å². The summed E-state index contributed by atoms with van der Waals surface area (Å²) in [5.41, 5.74) is 3.37. The maximum atomic E-state index is 12.7. The lowest BCUT2D eigenvalue weighted by Gasteiger charge is -2.10. The van der Waals surface area contributed by atoms with E-state index in [1.807, 2.05) is 54.2 Å². The Balaban J connectivity index is 1.52. The third-order valence-corrected chi connectivity index (χ3v) is 5.03. The van der Waals surface area contributed by atoms with E-state index in [1.165, 1.54) is 17.7 Å². The van der Waals surface area contributed by atoms with Gasteiger partial charge in [-0.3, -0.25) is 4.79 Å². The van der Waals surface area contributed by atoms with Gasteiger partial charge in [-0.1, -0.05) is 30.3 Å². The predicted octanol–water partition coefficient (Wildman–Crippen LogP) is 5.07. The van der Waals surface area contributed by atoms with E-state index in [4.69, 9.17) is 0 Å². The minimum absolute atomic E-state index is 0.0947. The van der Waals surface area contributed by atoms with Crippen LogP contribution in [0.3, 0.4) is 0 Å². The fourth-order valence-electron chi connectivity index (χ4n) is 3.58. The molecule has 0 unspecified atom stereocenters. The number of carbonyl (C=O) groups is 1. The summed E-state index contributed by atoms with van der Waals surface area (Å²) in [5.74, 6) is -0.546. The first-order valence-electron chi connectivity index (χ1n) is 9.70. The Bertz CT molecular complexity index is 1210. The summed E-state index contributed by atoms with van der Waals surface area (Å²) in [4.78, 5) is 12.7. The van der Waals surface area contributed by atoms with Gasteiger partial charge in [-0.2, -0.15) is 0 Å². The van der Waals surface area contributed by atoms with E-state index in [0.29, 0.717) is 5.56 Å². The topological polar surface area (TPSA) is 35.1 Å². The fraction of sp³-hybridized carbons (Fsp3) is 0.167. The number of nitrogens with zero attached hydrogens (tertiary/aromatic N) is 2. The first kappa shape index (κ1) is 20.7. The molecule has 0 aliphatic carbocycles. The lowest BCUT2D eigenvalue weighted by atomic mass is 10.1. The zero-order valence-electron chi connectivity index (χ0n) is 16.8. The molecule has 4 nitrogen and oxygen atoms in total. The third-order valence-electron chi connectivity index (χ3n) is 5.03. The van der Waals surface area contributed by atoms with Gasteiger partial charge in [0.1, 0.15) is 5.75 Å². The molecule has 0 aliphatic rings. The van der Waals surface area contributed by atoms with Crippen molar-refractivity contribution in [3.8, 4) is 5.75 Å². The Morgan fingerprint density at radius 2 is 1.74 bits per heavy atom. The molecular weight excluding hydrogens is 405 g/mol. The number of hydrogen-bond donors (Lipinski definition) is 0. The van der Waals surface area contributed by atoms with Crippen LogP contribution in [-0.4, -0.2) is 16.7 Å². The first-order valence-corrected chi connectivity index (χ1v) is 9.70. The van der Waals surface area contributed by atoms with Crippen molar-refractivity contribution in [3.63, 3.8) is 0 Å². The Labute approximate surface area is 177 Å². The van der Waals surface area contributed by atoms with E-state index in [1.54, 1.807) is 0 Å². The number of pyridine rings is 1. The number of fused-ring (bicyclic) bond motifs is 1. The zero-order chi connectivity index (χ0) is 22.0. The van der Waals surface area contributed by atoms with E-state index in [0.717, 1.165) is 35.3 Å². The van der Waals surface area contributed by atoms with Gasteiger partial charge in [-0.15, -0.1) is 13.2 Å². The van der Waals surface area contributed by atoms with Crippen LogP contribution >= 0.6 is 0 Å². The first-order chi connectivity index (χ1) is 14.8. The average molecular weight is 425 g/mol. The molecule has 0 aliphatic heterocycles. The number of aromatic nitrogens is 2. The van der Waals surface area contributed by atoms with Gasteiger partial charge in [-0.25, -0.2) is 4.57 Å². The molecule has 0 bridgehead atoms. The Morgan fingerprint density at radius 3 is 2.42 bits per heavy atom. The van der Waals surface area contributed by atoms with Crippen LogP contribution in [0.1, 0.15) is 21.6 Å². The van der Waals surface area contributed by atoms with Crippen LogP contribution in [0.25, 0.3) is 10.9 Å². The second kappa shape index (κ2) is 8.26. The molecular formula is C24H20F3N2O2+. The highest BCUT2D eigenvalue weighted by atomic mass is 19.4. The smallest absolute Gasteiger partial charge is 0.406 e. The summed E-state index contributed by atoms with van der Waals surface area (Å²) in [7, 11) is 0. The van der Waals surface area contributed by atoms with Gasteiger partial charge in [0.25, 0.3) is 0 Å². The standard InChI is InChI=1S/C24H20F3N2O2/c1-17-13-20-15-28(14-18-5-3-2-4-6-18)12-11-22(20)29(17)16-23(30)19-7-9-21(10-8-19)31-24(25,26)27/h2-13,15H,14,16H2,1H3/q+1. The van der Waals surface area contributed by atoms with Crippen molar-refractivity contribution in [2.24, 2.45) is 0 Å². The molecule has 0 radical (unpaired) electrons. The van der Waals surface area contributed by atoms with Crippen molar-refractivity contribution in [2.75, 3.05) is 0 Å². The van der Waals surface area contributed by atoms with E-state index < -0.39 is 6.36 Å². The fourth-order valence-corrected chi connectivity index (χ4v) is 3.58. The molecule has 4 rings (SSSR count). The van der Waals surface area contributed by atoms with Crippen molar-refractivity contribution < 1.29 is 27.3 Å². The van der Waals surface area contributed by atoms with Crippen LogP contribution in [0.2, 0.25) is 0 Å². The minimum Gasteiger partial charge on any atom is -0.406 e. The molecule has 2 heterocycles. The maximum absolute atomic E-state index is 12.7. The predicted molar refractivity (Wildman–Crippen MR) is 110 cm³/mol. The molecule has 2 aromatic heterocycles. The number of ketones is 1. The van der Waals surface area contributed by atoms with Crippen LogP contribution in [-0.2, 0) is 13.1 Å². The summed E-state index contributed by atoms with van der Waals surface area (Å²) >= 11 is 0. The zero-order valence-corrected chi connectivity index (χ0v) is 16.8. The van der Waals surface area contributed by atoms with Crippen molar-refractivity contribution in [1.29, 1.82) is 0 Å². The Morgan fingerprint density at radius 1 is 1.03 bits per heavy atom. The van der Waals surface area contributed by atoms with Crippen LogP contribution < -0.4 is 9.30 Å². The highest BCUT2D eigenvalue weighted by molar-refractivity contribution is 5.97. The van der Waals surface area contributed by atoms with Gasteiger partial charge in [0, 0.05) is 22.9 Å². The molecule has 2 aromatic carbocycles. The average Bonchev–Trinajstić information content (AvgIpc) is 3.02. The van der Waals surface area contributed by atoms with Gasteiger partial charge >= 0.3 is 6.36 Å². The number of benzene rings is 2. The van der Waals surface area contributed by atoms with Gasteiger partial charge < -0.3 is 9.30 Å². The van der Waals surface area contributed by atoms with E-state index in [-0.39, 0.29) is 18.1 Å². The number of halogens is 3. The Hall–Kier alpha value is -3.61. The highest BCUT2D eigenvalue weighted by Crippen LogP contribution is 2.23. The molecule has 0 spiro atoms. The van der Waals surface area contributed by atoms with Gasteiger partial charge in [0.2, 0.25) is 0 Å². The lowest BCUT2D eigenvalue weighted by Crippen LogP contribution is -2.33. The second-order valence-corrected chi connectivity index (χ2v) is 7.31. The summed E-state index contributed by atoms with van der Waals surface area (Å²) in [6.07, 6.45) is -0.747. The van der Waals surface area contributed by atoms with E-state index in [2.05, 4.69) is 21.4 Å². The lowest BCUT2D eigenvalue weighted by molar-refractivity contribution is -0.687. The quantitative estimate of drug-likeness (QED) is 0.320. The number of aryl methyl sites for hydroxylation is 1. The molecule has 0 N–H and O–H groups in total. The molecule has 0 saturated carbocycles. The molecule has 0 amide bonds. The number of ether oxygens (including phenoxy) is 1. The van der Waals surface area contributed by atoms with Crippen LogP contribution in [0.5, 0.6) is 5.75 Å². The molecule has 4 aromatic rings. The molecule has 0 atom stereocenters. The van der Waals surface area contributed by atoms with Crippen LogP contribution in [0, 0.1) is 6.92 Å².